The summed E-state index contributed by atoms with van der Waals surface area (Å²) < 4.78 is 45.7. The number of piperazine rings is 1. The van der Waals surface area contributed by atoms with Crippen molar-refractivity contribution >= 4 is 23.8 Å². The first-order chi connectivity index (χ1) is 14.5. The number of aliphatic hydroxyl groups is 1. The fourth-order valence-corrected chi connectivity index (χ4v) is 4.08. The Morgan fingerprint density at radius 2 is 1.48 bits per heavy atom. The van der Waals surface area contributed by atoms with Gasteiger partial charge in [-0.1, -0.05) is 12.1 Å². The van der Waals surface area contributed by atoms with Gasteiger partial charge in [-0.3, -0.25) is 4.90 Å². The van der Waals surface area contributed by atoms with Crippen LogP contribution in [0, 0.1) is 0 Å². The van der Waals surface area contributed by atoms with E-state index in [0.29, 0.717) is 30.3 Å². The Morgan fingerprint density at radius 1 is 0.839 bits per heavy atom. The highest BCUT2D eigenvalue weighted by molar-refractivity contribution is 5.85. The molecule has 170 valence electrons. The molecule has 0 spiro atoms. The van der Waals surface area contributed by atoms with Crippen LogP contribution in [0.2, 0.25) is 0 Å². The lowest BCUT2D eigenvalue weighted by molar-refractivity contribution is -0.137. The number of nitrogens with zero attached hydrogens (tertiary/aromatic N) is 3. The number of rotatable bonds is 6. The van der Waals surface area contributed by atoms with Gasteiger partial charge in [0.05, 0.1) is 23.5 Å². The first kappa shape index (κ1) is 23.7. The Hall–Kier alpha value is -2.00. The molecule has 5 nitrogen and oxygen atoms in total. The predicted octanol–water partition coefficient (Wildman–Crippen LogP) is 4.37. The summed E-state index contributed by atoms with van der Waals surface area (Å²) in [5.74, 6) is 1.10. The molecule has 1 saturated heterocycles. The molecule has 0 saturated carbocycles. The summed E-state index contributed by atoms with van der Waals surface area (Å²) in [5.41, 5.74) is 0.572. The number of fused-ring (bicyclic) bond motifs is 2. The maximum Gasteiger partial charge on any atom is 0.416 e. The monoisotopic (exact) mass is 457 g/mol. The molecule has 2 aromatic carbocycles. The molecule has 2 aromatic rings. The van der Waals surface area contributed by atoms with E-state index in [1.165, 1.54) is 12.1 Å². The van der Waals surface area contributed by atoms with Crippen LogP contribution in [-0.4, -0.2) is 67.3 Å². The highest BCUT2D eigenvalue weighted by Crippen LogP contribution is 2.48. The van der Waals surface area contributed by atoms with Crippen molar-refractivity contribution < 1.29 is 23.0 Å². The van der Waals surface area contributed by atoms with Gasteiger partial charge in [-0.15, -0.1) is 12.4 Å². The van der Waals surface area contributed by atoms with Gasteiger partial charge in [0.1, 0.15) is 0 Å². The molecule has 9 heteroatoms. The number of para-hydroxylation sites is 2. The summed E-state index contributed by atoms with van der Waals surface area (Å²) in [7, 11) is 0. The van der Waals surface area contributed by atoms with Crippen LogP contribution in [0.5, 0.6) is 11.5 Å². The highest BCUT2D eigenvalue weighted by atomic mass is 35.5. The van der Waals surface area contributed by atoms with Crippen molar-refractivity contribution in [1.29, 1.82) is 0 Å². The topological polar surface area (TPSA) is 39.2 Å². The summed E-state index contributed by atoms with van der Waals surface area (Å²) in [6.45, 7) is 6.10. The summed E-state index contributed by atoms with van der Waals surface area (Å²) in [6, 6.07) is 11.1. The van der Waals surface area contributed by atoms with Crippen molar-refractivity contribution in [3.8, 4) is 11.5 Å². The van der Waals surface area contributed by atoms with Crippen molar-refractivity contribution in [2.24, 2.45) is 0 Å². The zero-order valence-electron chi connectivity index (χ0n) is 17.1. The van der Waals surface area contributed by atoms with E-state index < -0.39 is 11.7 Å². The van der Waals surface area contributed by atoms with Gasteiger partial charge >= 0.3 is 6.18 Å². The molecule has 4 rings (SSSR count). The van der Waals surface area contributed by atoms with Gasteiger partial charge < -0.3 is 19.6 Å². The number of aliphatic hydroxyl groups excluding tert-OH is 1. The van der Waals surface area contributed by atoms with Gasteiger partial charge in [0.25, 0.3) is 0 Å². The van der Waals surface area contributed by atoms with Crippen molar-refractivity contribution in [3.63, 3.8) is 0 Å². The number of hydrogen-bond donors (Lipinski definition) is 1. The molecule has 1 N–H and O–H groups in total. The molecule has 0 atom stereocenters. The van der Waals surface area contributed by atoms with E-state index in [1.54, 1.807) is 0 Å². The quantitative estimate of drug-likeness (QED) is 0.697. The average molecular weight is 458 g/mol. The largest absolute Gasteiger partial charge is 0.453 e. The Kier molecular flexibility index (Phi) is 7.69. The average Bonchev–Trinajstić information content (AvgIpc) is 2.73. The van der Waals surface area contributed by atoms with Crippen LogP contribution in [0.25, 0.3) is 0 Å². The lowest BCUT2D eigenvalue weighted by Crippen LogP contribution is -2.47. The minimum Gasteiger partial charge on any atom is -0.453 e. The van der Waals surface area contributed by atoms with Crippen LogP contribution in [0.15, 0.2) is 42.5 Å². The molecule has 2 aliphatic heterocycles. The van der Waals surface area contributed by atoms with E-state index >= 15 is 0 Å². The second-order valence-corrected chi connectivity index (χ2v) is 7.66. The first-order valence-electron chi connectivity index (χ1n) is 10.3. The number of β-amino-alcohol motifs (C(OH)–C–C–N with tert-alkyl or cyclic N) is 1. The molecule has 2 heterocycles. The van der Waals surface area contributed by atoms with E-state index in [1.807, 2.05) is 29.2 Å². The molecule has 0 radical (unpaired) electrons. The molecule has 0 aliphatic carbocycles. The van der Waals surface area contributed by atoms with Crippen molar-refractivity contribution in [1.82, 2.24) is 9.80 Å². The minimum atomic E-state index is -4.40. The molecule has 31 heavy (non-hydrogen) atoms. The van der Waals surface area contributed by atoms with Crippen molar-refractivity contribution in [3.05, 3.63) is 48.0 Å². The zero-order valence-corrected chi connectivity index (χ0v) is 18.0. The van der Waals surface area contributed by atoms with E-state index in [0.717, 1.165) is 50.9 Å². The molecule has 0 bridgehead atoms. The van der Waals surface area contributed by atoms with Gasteiger partial charge in [-0.05, 0) is 43.3 Å². The number of benzene rings is 2. The number of hydrogen-bond acceptors (Lipinski definition) is 5. The van der Waals surface area contributed by atoms with Crippen LogP contribution in [-0.2, 0) is 6.18 Å². The van der Waals surface area contributed by atoms with E-state index in [-0.39, 0.29) is 19.0 Å². The number of ether oxygens (including phenoxy) is 1. The van der Waals surface area contributed by atoms with E-state index in [4.69, 9.17) is 9.84 Å². The lowest BCUT2D eigenvalue weighted by atomic mass is 10.1. The number of anilines is 2. The van der Waals surface area contributed by atoms with Crippen molar-refractivity contribution in [2.45, 2.75) is 12.6 Å². The minimum absolute atomic E-state index is 0. The fraction of sp³-hybridized carbons (Fsp3) is 0.455. The Labute approximate surface area is 186 Å². The summed E-state index contributed by atoms with van der Waals surface area (Å²) in [6.07, 6.45) is -3.57. The highest BCUT2D eigenvalue weighted by Gasteiger charge is 2.33. The Morgan fingerprint density at radius 3 is 2.16 bits per heavy atom. The van der Waals surface area contributed by atoms with Crippen LogP contribution in [0.1, 0.15) is 12.0 Å². The second kappa shape index (κ2) is 10.1. The molecule has 0 aromatic heterocycles. The number of halogens is 4. The molecule has 1 fully saturated rings. The maximum absolute atomic E-state index is 13.3. The van der Waals surface area contributed by atoms with Crippen molar-refractivity contribution in [2.75, 3.05) is 57.3 Å². The normalized spacial score (nSPS) is 16.8. The third kappa shape index (κ3) is 5.44. The Bertz CT molecular complexity index is 873. The SMILES string of the molecule is Cl.OCCN1CCN(CCCN2c3ccccc3Oc3ccc(C(F)(F)F)cc32)CC1. The summed E-state index contributed by atoms with van der Waals surface area (Å²) in [5, 5.41) is 9.06. The van der Waals surface area contributed by atoms with Gasteiger partial charge in [0.2, 0.25) is 0 Å². The predicted molar refractivity (Wildman–Crippen MR) is 117 cm³/mol. The van der Waals surface area contributed by atoms with Crippen LogP contribution < -0.4 is 9.64 Å². The molecular formula is C22H27ClF3N3O2. The lowest BCUT2D eigenvalue weighted by Gasteiger charge is -2.36. The summed E-state index contributed by atoms with van der Waals surface area (Å²) >= 11 is 0. The van der Waals surface area contributed by atoms with Gasteiger partial charge in [0, 0.05) is 39.3 Å². The van der Waals surface area contributed by atoms with Crippen LogP contribution in [0.4, 0.5) is 24.5 Å². The number of alkyl halides is 3. The van der Waals surface area contributed by atoms with Gasteiger partial charge in [-0.2, -0.15) is 13.2 Å². The second-order valence-electron chi connectivity index (χ2n) is 7.66. The zero-order chi connectivity index (χ0) is 21.1. The van der Waals surface area contributed by atoms with E-state index in [9.17, 15) is 13.2 Å². The third-order valence-electron chi connectivity index (χ3n) is 5.69. The third-order valence-corrected chi connectivity index (χ3v) is 5.69. The molecule has 0 unspecified atom stereocenters. The first-order valence-corrected chi connectivity index (χ1v) is 10.3. The van der Waals surface area contributed by atoms with Crippen LogP contribution >= 0.6 is 12.4 Å². The molecule has 0 amide bonds. The van der Waals surface area contributed by atoms with Crippen LogP contribution in [0.3, 0.4) is 0 Å². The smallest absolute Gasteiger partial charge is 0.416 e. The maximum atomic E-state index is 13.3. The molecule has 2 aliphatic rings. The van der Waals surface area contributed by atoms with E-state index in [2.05, 4.69) is 9.80 Å². The fourth-order valence-electron chi connectivity index (χ4n) is 4.08. The van der Waals surface area contributed by atoms with Gasteiger partial charge in [-0.25, -0.2) is 0 Å². The summed E-state index contributed by atoms with van der Waals surface area (Å²) in [4.78, 5) is 6.54. The standard InChI is InChI=1S/C22H26F3N3O2.ClH/c23-22(24,25)17-6-7-21-19(16-17)28(18-4-1-2-5-20(18)30-21)9-3-8-26-10-12-27(13-11-26)14-15-29;/h1-2,4-7,16,29H,3,8-15H2;1H. The Balaban J connectivity index is 0.00000272. The molecular weight excluding hydrogens is 431 g/mol. The van der Waals surface area contributed by atoms with Gasteiger partial charge in [0.15, 0.2) is 11.5 Å².